The molecule has 2 heterocycles. The largest absolute Gasteiger partial charge is 0.497 e. The van der Waals surface area contributed by atoms with Crippen LogP contribution < -0.4 is 14.8 Å². The number of anilines is 1. The zero-order chi connectivity index (χ0) is 17.6. The quantitative estimate of drug-likeness (QED) is 0.680. The minimum Gasteiger partial charge on any atom is -0.497 e. The maximum absolute atomic E-state index is 11.9. The molecule has 0 bridgehead atoms. The van der Waals surface area contributed by atoms with E-state index in [1.165, 1.54) is 17.4 Å². The van der Waals surface area contributed by atoms with Gasteiger partial charge < -0.3 is 13.9 Å². The summed E-state index contributed by atoms with van der Waals surface area (Å²) in [6.07, 6.45) is 3.12. The molecule has 1 aromatic carbocycles. The Labute approximate surface area is 147 Å². The van der Waals surface area contributed by atoms with Crippen molar-refractivity contribution >= 4 is 29.3 Å². The van der Waals surface area contributed by atoms with E-state index in [-0.39, 0.29) is 17.8 Å². The number of benzene rings is 1. The number of nitrogens with one attached hydrogen (secondary N) is 1. The maximum atomic E-state index is 11.9. The molecule has 8 heteroatoms. The third-order valence-electron chi connectivity index (χ3n) is 3.20. The van der Waals surface area contributed by atoms with E-state index in [0.717, 1.165) is 4.88 Å². The van der Waals surface area contributed by atoms with Crippen LogP contribution in [0.5, 0.6) is 11.5 Å². The van der Waals surface area contributed by atoms with E-state index in [9.17, 15) is 4.79 Å². The highest BCUT2D eigenvalue weighted by Crippen LogP contribution is 2.29. The minimum atomic E-state index is -0.355. The van der Waals surface area contributed by atoms with Gasteiger partial charge in [0.25, 0.3) is 5.91 Å². The molecule has 3 aromatic rings. The zero-order valence-electron chi connectivity index (χ0n) is 13.6. The third-order valence-corrected chi connectivity index (χ3v) is 4.03. The Morgan fingerprint density at radius 3 is 2.60 bits per heavy atom. The Hall–Kier alpha value is -3.13. The standard InChI is InChI=1S/C17H15N3O4S/c1-22-12-8-11(9-13(10-12)23-2)16-19-20-17(24-16)18-15(21)6-5-14-4-3-7-25-14/h3-10H,1-2H3,(H,18,20,21). The second-order valence-corrected chi connectivity index (χ2v) is 5.83. The van der Waals surface area contributed by atoms with Gasteiger partial charge in [0.2, 0.25) is 5.89 Å². The van der Waals surface area contributed by atoms with Crippen LogP contribution in [0.1, 0.15) is 4.88 Å². The summed E-state index contributed by atoms with van der Waals surface area (Å²) in [5, 5.41) is 12.2. The van der Waals surface area contributed by atoms with Crippen molar-refractivity contribution in [1.29, 1.82) is 0 Å². The highest BCUT2D eigenvalue weighted by molar-refractivity contribution is 7.10. The van der Waals surface area contributed by atoms with Crippen LogP contribution >= 0.6 is 11.3 Å². The van der Waals surface area contributed by atoms with E-state index in [0.29, 0.717) is 17.1 Å². The number of nitrogens with zero attached hydrogens (tertiary/aromatic N) is 2. The normalized spacial score (nSPS) is 10.8. The predicted molar refractivity (Wildman–Crippen MR) is 94.8 cm³/mol. The third kappa shape index (κ3) is 4.24. The van der Waals surface area contributed by atoms with Crippen molar-refractivity contribution in [2.75, 3.05) is 19.5 Å². The van der Waals surface area contributed by atoms with Crippen LogP contribution in [0.4, 0.5) is 6.01 Å². The summed E-state index contributed by atoms with van der Waals surface area (Å²) < 4.78 is 15.9. The molecule has 128 valence electrons. The first-order valence-corrected chi connectivity index (χ1v) is 8.15. The lowest BCUT2D eigenvalue weighted by Crippen LogP contribution is -2.07. The molecule has 0 atom stereocenters. The summed E-state index contributed by atoms with van der Waals surface area (Å²) in [4.78, 5) is 12.9. The summed E-state index contributed by atoms with van der Waals surface area (Å²) >= 11 is 1.54. The predicted octanol–water partition coefficient (Wildman–Crippen LogP) is 3.47. The van der Waals surface area contributed by atoms with E-state index < -0.39 is 0 Å². The van der Waals surface area contributed by atoms with Gasteiger partial charge in [-0.15, -0.1) is 16.4 Å². The topological polar surface area (TPSA) is 86.5 Å². The molecule has 1 N–H and O–H groups in total. The van der Waals surface area contributed by atoms with E-state index >= 15 is 0 Å². The molecule has 0 aliphatic heterocycles. The monoisotopic (exact) mass is 357 g/mol. The number of carbonyl (C=O) groups is 1. The molecular weight excluding hydrogens is 342 g/mol. The lowest BCUT2D eigenvalue weighted by atomic mass is 10.2. The van der Waals surface area contributed by atoms with Gasteiger partial charge in [-0.3, -0.25) is 10.1 Å². The first-order valence-electron chi connectivity index (χ1n) is 7.27. The SMILES string of the molecule is COc1cc(OC)cc(-c2nnc(NC(=O)C=Cc3cccs3)o2)c1. The van der Waals surface area contributed by atoms with Gasteiger partial charge in [-0.05, 0) is 29.7 Å². The Bertz CT molecular complexity index is 865. The summed E-state index contributed by atoms with van der Waals surface area (Å²) in [6.45, 7) is 0. The van der Waals surface area contributed by atoms with Crippen molar-refractivity contribution in [2.24, 2.45) is 0 Å². The molecule has 0 saturated carbocycles. The highest BCUT2D eigenvalue weighted by atomic mass is 32.1. The van der Waals surface area contributed by atoms with Crippen LogP contribution in [0.25, 0.3) is 17.5 Å². The van der Waals surface area contributed by atoms with Crippen LogP contribution in [-0.2, 0) is 4.79 Å². The van der Waals surface area contributed by atoms with Crippen molar-refractivity contribution in [3.8, 4) is 23.0 Å². The van der Waals surface area contributed by atoms with Crippen molar-refractivity contribution in [1.82, 2.24) is 10.2 Å². The molecule has 0 aliphatic rings. The second kappa shape index (κ2) is 7.63. The smallest absolute Gasteiger partial charge is 0.322 e. The lowest BCUT2D eigenvalue weighted by Gasteiger charge is -2.05. The fourth-order valence-corrected chi connectivity index (χ4v) is 2.63. The van der Waals surface area contributed by atoms with Crippen molar-refractivity contribution in [2.45, 2.75) is 0 Å². The first kappa shape index (κ1) is 16.7. The highest BCUT2D eigenvalue weighted by Gasteiger charge is 2.12. The average Bonchev–Trinajstić information content (AvgIpc) is 3.31. The molecule has 0 spiro atoms. The number of hydrogen-bond donors (Lipinski definition) is 1. The minimum absolute atomic E-state index is 0.0117. The molecule has 0 radical (unpaired) electrons. The fraction of sp³-hybridized carbons (Fsp3) is 0.118. The maximum Gasteiger partial charge on any atom is 0.322 e. The second-order valence-electron chi connectivity index (χ2n) is 4.85. The van der Waals surface area contributed by atoms with E-state index in [1.807, 2.05) is 17.5 Å². The number of thiophene rings is 1. The van der Waals surface area contributed by atoms with Crippen LogP contribution in [0.2, 0.25) is 0 Å². The number of methoxy groups -OCH3 is 2. The average molecular weight is 357 g/mol. The molecule has 7 nitrogen and oxygen atoms in total. The first-order chi connectivity index (χ1) is 12.2. The number of aromatic nitrogens is 2. The van der Waals surface area contributed by atoms with Crippen molar-refractivity contribution in [3.05, 3.63) is 46.7 Å². The molecule has 0 aliphatic carbocycles. The Kier molecular flexibility index (Phi) is 5.10. The molecular formula is C17H15N3O4S. The van der Waals surface area contributed by atoms with Gasteiger partial charge in [0, 0.05) is 22.6 Å². The Morgan fingerprint density at radius 2 is 1.96 bits per heavy atom. The van der Waals surface area contributed by atoms with Gasteiger partial charge >= 0.3 is 6.01 Å². The van der Waals surface area contributed by atoms with Crippen LogP contribution in [0.3, 0.4) is 0 Å². The van der Waals surface area contributed by atoms with Crippen molar-refractivity contribution in [3.63, 3.8) is 0 Å². The number of amides is 1. The van der Waals surface area contributed by atoms with Gasteiger partial charge in [0.05, 0.1) is 14.2 Å². The Balaban J connectivity index is 1.73. The van der Waals surface area contributed by atoms with Gasteiger partial charge in [0.1, 0.15) is 11.5 Å². The molecule has 0 fully saturated rings. The Morgan fingerprint density at radius 1 is 1.20 bits per heavy atom. The van der Waals surface area contributed by atoms with Gasteiger partial charge in [-0.25, -0.2) is 0 Å². The molecule has 25 heavy (non-hydrogen) atoms. The zero-order valence-corrected chi connectivity index (χ0v) is 14.4. The summed E-state index contributed by atoms with van der Waals surface area (Å²) in [5.74, 6) is 1.08. The molecule has 0 saturated heterocycles. The number of hydrogen-bond acceptors (Lipinski definition) is 7. The molecule has 0 unspecified atom stereocenters. The van der Waals surface area contributed by atoms with Crippen LogP contribution in [0.15, 0.2) is 46.2 Å². The van der Waals surface area contributed by atoms with Crippen LogP contribution in [0, 0.1) is 0 Å². The van der Waals surface area contributed by atoms with Crippen LogP contribution in [-0.4, -0.2) is 30.3 Å². The summed E-state index contributed by atoms with van der Waals surface area (Å²) in [5.41, 5.74) is 0.623. The van der Waals surface area contributed by atoms with E-state index in [1.54, 1.807) is 38.5 Å². The van der Waals surface area contributed by atoms with Gasteiger partial charge in [-0.1, -0.05) is 11.2 Å². The van der Waals surface area contributed by atoms with Crippen molar-refractivity contribution < 1.29 is 18.7 Å². The molecule has 1 amide bonds. The van der Waals surface area contributed by atoms with E-state index in [4.69, 9.17) is 13.9 Å². The summed E-state index contributed by atoms with van der Waals surface area (Å²) in [6, 6.07) is 9.04. The number of ether oxygens (including phenoxy) is 2. The molecule has 2 aromatic heterocycles. The fourth-order valence-electron chi connectivity index (χ4n) is 2.01. The van der Waals surface area contributed by atoms with Gasteiger partial charge in [-0.2, -0.15) is 0 Å². The number of carbonyl (C=O) groups excluding carboxylic acids is 1. The summed E-state index contributed by atoms with van der Waals surface area (Å²) in [7, 11) is 3.11. The lowest BCUT2D eigenvalue weighted by molar-refractivity contribution is -0.112. The van der Waals surface area contributed by atoms with E-state index in [2.05, 4.69) is 15.5 Å². The van der Waals surface area contributed by atoms with Gasteiger partial charge in [0.15, 0.2) is 0 Å². The number of rotatable bonds is 6. The molecule has 3 rings (SSSR count).